The van der Waals surface area contributed by atoms with Gasteiger partial charge >= 0.3 is 0 Å². The van der Waals surface area contributed by atoms with E-state index in [4.69, 9.17) is 5.10 Å². The molecule has 144 valence electrons. The molecule has 0 fully saturated rings. The minimum atomic E-state index is 0.995. The molecule has 0 N–H and O–H groups in total. The Morgan fingerprint density at radius 1 is 0.600 bits per heavy atom. The molecule has 0 amide bonds. The normalized spacial score (nSPS) is 11.0. The molecule has 0 aliphatic carbocycles. The summed E-state index contributed by atoms with van der Waals surface area (Å²) in [5, 5.41) is 6.29. The number of rotatable bonds is 3. The lowest BCUT2D eigenvalue weighted by atomic mass is 9.94. The molecular weight excluding hydrogens is 364 g/mol. The van der Waals surface area contributed by atoms with Gasteiger partial charge in [0.2, 0.25) is 5.69 Å². The van der Waals surface area contributed by atoms with Crippen LogP contribution in [0.25, 0.3) is 39.0 Å². The van der Waals surface area contributed by atoms with Crippen LogP contribution in [-0.4, -0.2) is 5.10 Å². The van der Waals surface area contributed by atoms with Gasteiger partial charge in [-0.2, -0.15) is 0 Å². The van der Waals surface area contributed by atoms with E-state index in [0.29, 0.717) is 0 Å². The van der Waals surface area contributed by atoms with Crippen LogP contribution in [0.4, 0.5) is 0 Å². The molecule has 0 saturated heterocycles. The second-order valence-corrected chi connectivity index (χ2v) is 7.73. The van der Waals surface area contributed by atoms with Gasteiger partial charge in [-0.15, -0.1) is 0 Å². The zero-order valence-electron chi connectivity index (χ0n) is 17.2. The molecule has 0 bridgehead atoms. The zero-order chi connectivity index (χ0) is 20.5. The molecule has 0 radical (unpaired) electrons. The predicted octanol–water partition coefficient (Wildman–Crippen LogP) is 6.46. The standard InChI is InChI=1S/C28H23N2/c1-20-10-9-15-24(18-20)30-28(23-13-7-4-8-14-23)27(22-11-5-3-6-12-22)25-17-16-21(2)19-26(25)29-30/h3-19H,1-2H3/q+1. The summed E-state index contributed by atoms with van der Waals surface area (Å²) >= 11 is 0. The van der Waals surface area contributed by atoms with Crippen LogP contribution in [-0.2, 0) is 0 Å². The first-order valence-corrected chi connectivity index (χ1v) is 10.3. The van der Waals surface area contributed by atoms with E-state index in [1.54, 1.807) is 0 Å². The number of fused-ring (bicyclic) bond motifs is 1. The van der Waals surface area contributed by atoms with Crippen molar-refractivity contribution >= 4 is 10.9 Å². The second kappa shape index (κ2) is 7.57. The van der Waals surface area contributed by atoms with Gasteiger partial charge < -0.3 is 0 Å². The molecule has 2 heteroatoms. The highest BCUT2D eigenvalue weighted by molar-refractivity contribution is 5.99. The highest BCUT2D eigenvalue weighted by Crippen LogP contribution is 2.35. The number of hydrogen-bond acceptors (Lipinski definition) is 1. The van der Waals surface area contributed by atoms with Gasteiger partial charge in [-0.3, -0.25) is 0 Å². The molecule has 2 nitrogen and oxygen atoms in total. The summed E-state index contributed by atoms with van der Waals surface area (Å²) < 4.78 is 2.10. The Morgan fingerprint density at radius 2 is 1.27 bits per heavy atom. The van der Waals surface area contributed by atoms with E-state index in [-0.39, 0.29) is 0 Å². The number of nitrogens with zero attached hydrogens (tertiary/aromatic N) is 2. The van der Waals surface area contributed by atoms with Gasteiger partial charge in [0.25, 0.3) is 5.69 Å². The number of hydrogen-bond donors (Lipinski definition) is 0. The molecule has 0 aliphatic heterocycles. The SMILES string of the molecule is Cc1cccc(-[n+]2nc3cc(C)ccc3c(-c3ccccc3)c2-c2ccccc2)c1. The van der Waals surface area contributed by atoms with Crippen molar-refractivity contribution in [3.8, 4) is 28.1 Å². The topological polar surface area (TPSA) is 16.8 Å². The Kier molecular flexibility index (Phi) is 4.61. The lowest BCUT2D eigenvalue weighted by molar-refractivity contribution is -0.645. The summed E-state index contributed by atoms with van der Waals surface area (Å²) in [6, 6.07) is 36.3. The van der Waals surface area contributed by atoms with Crippen LogP contribution in [0.5, 0.6) is 0 Å². The molecule has 4 aromatic carbocycles. The molecule has 0 saturated carbocycles. The van der Waals surface area contributed by atoms with Gasteiger partial charge in [-0.25, -0.2) is 0 Å². The van der Waals surface area contributed by atoms with Crippen molar-refractivity contribution in [2.45, 2.75) is 13.8 Å². The number of aryl methyl sites for hydroxylation is 2. The third kappa shape index (κ3) is 3.27. The Bertz CT molecular complexity index is 1340. The van der Waals surface area contributed by atoms with Crippen LogP contribution >= 0.6 is 0 Å². The van der Waals surface area contributed by atoms with Gasteiger partial charge in [-0.1, -0.05) is 72.8 Å². The average molecular weight is 388 g/mol. The van der Waals surface area contributed by atoms with E-state index < -0.39 is 0 Å². The van der Waals surface area contributed by atoms with Crippen molar-refractivity contribution in [1.29, 1.82) is 0 Å². The maximum Gasteiger partial charge on any atom is 0.254 e. The van der Waals surface area contributed by atoms with E-state index in [1.165, 1.54) is 22.3 Å². The van der Waals surface area contributed by atoms with E-state index in [9.17, 15) is 0 Å². The Hall–Kier alpha value is -3.78. The Balaban J connectivity index is 1.98. The molecule has 1 heterocycles. The lowest BCUT2D eigenvalue weighted by Gasteiger charge is -2.12. The van der Waals surface area contributed by atoms with E-state index in [2.05, 4.69) is 122 Å². The average Bonchev–Trinajstić information content (AvgIpc) is 2.79. The van der Waals surface area contributed by atoms with Crippen LogP contribution in [0, 0.1) is 13.8 Å². The third-order valence-corrected chi connectivity index (χ3v) is 5.43. The van der Waals surface area contributed by atoms with Crippen molar-refractivity contribution in [3.05, 3.63) is 114 Å². The number of aromatic nitrogens is 2. The Labute approximate surface area is 177 Å². The summed E-state index contributed by atoms with van der Waals surface area (Å²) in [4.78, 5) is 0. The molecule has 0 spiro atoms. The van der Waals surface area contributed by atoms with Gasteiger partial charge in [0.1, 0.15) is 5.52 Å². The first-order valence-electron chi connectivity index (χ1n) is 10.3. The van der Waals surface area contributed by atoms with Crippen LogP contribution in [0.15, 0.2) is 103 Å². The first kappa shape index (κ1) is 18.3. The van der Waals surface area contributed by atoms with Gasteiger partial charge in [0, 0.05) is 28.2 Å². The smallest absolute Gasteiger partial charge is 0.0622 e. The summed E-state index contributed by atoms with van der Waals surface area (Å²) in [6.07, 6.45) is 0. The largest absolute Gasteiger partial charge is 0.254 e. The zero-order valence-corrected chi connectivity index (χ0v) is 17.2. The minimum absolute atomic E-state index is 0.995. The first-order chi connectivity index (χ1) is 14.7. The van der Waals surface area contributed by atoms with Crippen LogP contribution in [0.2, 0.25) is 0 Å². The molecule has 1 aromatic heterocycles. The van der Waals surface area contributed by atoms with Gasteiger partial charge in [0.15, 0.2) is 0 Å². The van der Waals surface area contributed by atoms with E-state index >= 15 is 0 Å². The maximum atomic E-state index is 5.13. The van der Waals surface area contributed by atoms with Crippen molar-refractivity contribution in [2.24, 2.45) is 0 Å². The van der Waals surface area contributed by atoms with Gasteiger partial charge in [-0.05, 0) is 53.4 Å². The molecule has 5 rings (SSSR count). The highest BCUT2D eigenvalue weighted by atomic mass is 15.3. The molecule has 30 heavy (non-hydrogen) atoms. The van der Waals surface area contributed by atoms with Gasteiger partial charge in [0.05, 0.1) is 5.56 Å². The van der Waals surface area contributed by atoms with Crippen molar-refractivity contribution < 1.29 is 4.68 Å². The molecule has 0 aliphatic rings. The van der Waals surface area contributed by atoms with E-state index in [0.717, 1.165) is 27.8 Å². The fourth-order valence-electron chi connectivity index (χ4n) is 4.03. The summed E-state index contributed by atoms with van der Waals surface area (Å²) in [5.41, 5.74) is 9.12. The molecule has 0 unspecified atom stereocenters. The second-order valence-electron chi connectivity index (χ2n) is 7.73. The quantitative estimate of drug-likeness (QED) is 0.325. The van der Waals surface area contributed by atoms with Crippen LogP contribution in [0.3, 0.4) is 0 Å². The lowest BCUT2D eigenvalue weighted by Crippen LogP contribution is -2.38. The molecule has 5 aromatic rings. The third-order valence-electron chi connectivity index (χ3n) is 5.43. The fraction of sp³-hybridized carbons (Fsp3) is 0.0714. The number of benzene rings is 4. The van der Waals surface area contributed by atoms with E-state index in [1.807, 2.05) is 0 Å². The minimum Gasteiger partial charge on any atom is -0.0622 e. The van der Waals surface area contributed by atoms with Crippen molar-refractivity contribution in [2.75, 3.05) is 0 Å². The van der Waals surface area contributed by atoms with Crippen LogP contribution < -0.4 is 4.68 Å². The molecular formula is C28H23N2+. The summed E-state index contributed by atoms with van der Waals surface area (Å²) in [5.74, 6) is 0. The summed E-state index contributed by atoms with van der Waals surface area (Å²) in [6.45, 7) is 4.24. The monoisotopic (exact) mass is 387 g/mol. The summed E-state index contributed by atoms with van der Waals surface area (Å²) in [7, 11) is 0. The van der Waals surface area contributed by atoms with Crippen molar-refractivity contribution in [3.63, 3.8) is 0 Å². The Morgan fingerprint density at radius 3 is 1.97 bits per heavy atom. The molecule has 0 atom stereocenters. The van der Waals surface area contributed by atoms with Crippen LogP contribution in [0.1, 0.15) is 11.1 Å². The highest BCUT2D eigenvalue weighted by Gasteiger charge is 2.27. The fourth-order valence-corrected chi connectivity index (χ4v) is 4.03. The predicted molar refractivity (Wildman–Crippen MR) is 124 cm³/mol. The van der Waals surface area contributed by atoms with Crippen molar-refractivity contribution in [1.82, 2.24) is 5.10 Å². The maximum absolute atomic E-state index is 5.13.